The van der Waals surface area contributed by atoms with Crippen LogP contribution in [0.3, 0.4) is 0 Å². The zero-order valence-electron chi connectivity index (χ0n) is 9.00. The summed E-state index contributed by atoms with van der Waals surface area (Å²) in [6, 6.07) is 0. The van der Waals surface area contributed by atoms with Gasteiger partial charge in [-0.05, 0) is 13.8 Å². The van der Waals surface area contributed by atoms with Gasteiger partial charge in [0, 0.05) is 0 Å². The monoisotopic (exact) mass is 278 g/mol. The molecule has 1 unspecified atom stereocenters. The summed E-state index contributed by atoms with van der Waals surface area (Å²) in [5.74, 6) is -2.06. The first-order valence-electron chi connectivity index (χ1n) is 4.61. The predicted octanol–water partition coefficient (Wildman–Crippen LogP) is -0.889. The van der Waals surface area contributed by atoms with Crippen molar-refractivity contribution >= 4 is 51.6 Å². The van der Waals surface area contributed by atoms with Crippen molar-refractivity contribution in [2.45, 2.75) is 25.5 Å². The van der Waals surface area contributed by atoms with Gasteiger partial charge in [0.25, 0.3) is 10.1 Å². The Morgan fingerprint density at radius 1 is 1.18 bits per heavy atom. The Labute approximate surface area is 122 Å². The molecular weight excluding hydrogens is 263 g/mol. The molecule has 0 saturated heterocycles. The third kappa shape index (κ3) is 7.72. The maximum absolute atomic E-state index is 11.2. The van der Waals surface area contributed by atoms with Crippen molar-refractivity contribution in [1.29, 1.82) is 0 Å². The minimum absolute atomic E-state index is 0. The molecule has 0 aromatic rings. The number of carbonyl (C=O) groups is 2. The SMILES string of the molecule is CCOC(=O)CC(C(=O)OCC)S(=O)(=O)O.[NaH]. The van der Waals surface area contributed by atoms with Crippen molar-refractivity contribution in [2.75, 3.05) is 13.2 Å². The van der Waals surface area contributed by atoms with Crippen LogP contribution in [0.2, 0.25) is 0 Å². The molecule has 0 aromatic carbocycles. The number of ether oxygens (including phenoxy) is 2. The third-order valence-electron chi connectivity index (χ3n) is 1.57. The molecule has 0 aliphatic heterocycles. The minimum atomic E-state index is -4.68. The summed E-state index contributed by atoms with van der Waals surface area (Å²) in [6.07, 6.45) is -0.758. The summed E-state index contributed by atoms with van der Waals surface area (Å²) in [4.78, 5) is 22.2. The van der Waals surface area contributed by atoms with Gasteiger partial charge in [-0.1, -0.05) is 0 Å². The summed E-state index contributed by atoms with van der Waals surface area (Å²) in [7, 11) is -4.68. The second-order valence-corrected chi connectivity index (χ2v) is 4.36. The van der Waals surface area contributed by atoms with Crippen LogP contribution in [0, 0.1) is 0 Å². The second-order valence-electron chi connectivity index (χ2n) is 2.76. The molecule has 96 valence electrons. The van der Waals surface area contributed by atoms with E-state index in [1.54, 1.807) is 0 Å². The van der Waals surface area contributed by atoms with Crippen LogP contribution in [0.15, 0.2) is 0 Å². The van der Waals surface area contributed by atoms with Crippen LogP contribution >= 0.6 is 0 Å². The zero-order valence-corrected chi connectivity index (χ0v) is 9.82. The molecule has 0 spiro atoms. The molecular formula is C8H15NaO7S. The molecule has 0 fully saturated rings. The Hall–Kier alpha value is -0.150. The standard InChI is InChI=1S/C8H14O7S.Na.H/c1-3-14-7(9)5-6(16(11,12)13)8(10)15-4-2;;/h6H,3-5H2,1-2H3,(H,11,12,13);;. The molecule has 0 aliphatic rings. The van der Waals surface area contributed by atoms with Crippen molar-refractivity contribution < 1.29 is 32.0 Å². The Balaban J connectivity index is 0. The van der Waals surface area contributed by atoms with E-state index in [1.807, 2.05) is 0 Å². The average molecular weight is 278 g/mol. The number of carbonyl (C=O) groups excluding carboxylic acids is 2. The first-order valence-corrected chi connectivity index (χ1v) is 6.11. The zero-order chi connectivity index (χ0) is 12.8. The summed E-state index contributed by atoms with van der Waals surface area (Å²) >= 11 is 0. The van der Waals surface area contributed by atoms with Crippen molar-refractivity contribution in [2.24, 2.45) is 0 Å². The van der Waals surface area contributed by atoms with Gasteiger partial charge in [0.05, 0.1) is 19.6 Å². The molecule has 0 saturated carbocycles. The van der Waals surface area contributed by atoms with Gasteiger partial charge >= 0.3 is 41.5 Å². The topological polar surface area (TPSA) is 107 Å². The maximum atomic E-state index is 11.2. The predicted molar refractivity (Wildman–Crippen MR) is 60.4 cm³/mol. The van der Waals surface area contributed by atoms with Gasteiger partial charge in [-0.2, -0.15) is 8.42 Å². The molecule has 0 radical (unpaired) electrons. The summed E-state index contributed by atoms with van der Waals surface area (Å²) in [6.45, 7) is 3.02. The van der Waals surface area contributed by atoms with Gasteiger partial charge in [-0.25, -0.2) is 0 Å². The molecule has 0 aromatic heterocycles. The van der Waals surface area contributed by atoms with Gasteiger partial charge in [0.2, 0.25) is 0 Å². The van der Waals surface area contributed by atoms with Gasteiger partial charge in [-0.15, -0.1) is 0 Å². The number of hydrogen-bond acceptors (Lipinski definition) is 6. The van der Waals surface area contributed by atoms with E-state index in [0.717, 1.165) is 0 Å². The third-order valence-corrected chi connectivity index (χ3v) is 2.64. The van der Waals surface area contributed by atoms with Gasteiger partial charge < -0.3 is 9.47 Å². The van der Waals surface area contributed by atoms with Crippen LogP contribution in [0.25, 0.3) is 0 Å². The Bertz CT molecular complexity index is 351. The van der Waals surface area contributed by atoms with Crippen molar-refractivity contribution in [3.8, 4) is 0 Å². The average Bonchev–Trinajstić information content (AvgIpc) is 2.13. The summed E-state index contributed by atoms with van der Waals surface area (Å²) in [5, 5.41) is -1.92. The number of hydrogen-bond donors (Lipinski definition) is 1. The molecule has 0 bridgehead atoms. The van der Waals surface area contributed by atoms with Crippen molar-refractivity contribution in [3.05, 3.63) is 0 Å². The van der Waals surface area contributed by atoms with E-state index >= 15 is 0 Å². The van der Waals surface area contributed by atoms with Gasteiger partial charge in [-0.3, -0.25) is 14.1 Å². The molecule has 0 heterocycles. The fourth-order valence-corrected chi connectivity index (χ4v) is 1.57. The molecule has 17 heavy (non-hydrogen) atoms. The van der Waals surface area contributed by atoms with Crippen LogP contribution in [-0.4, -0.2) is 72.9 Å². The number of esters is 2. The fraction of sp³-hybridized carbons (Fsp3) is 0.750. The molecule has 0 rings (SSSR count). The van der Waals surface area contributed by atoms with Crippen LogP contribution in [0.1, 0.15) is 20.3 Å². The molecule has 7 nitrogen and oxygen atoms in total. The first kappa shape index (κ1) is 19.2. The molecule has 0 amide bonds. The molecule has 1 atom stereocenters. The first-order chi connectivity index (χ1) is 7.32. The Morgan fingerprint density at radius 2 is 1.65 bits per heavy atom. The van der Waals surface area contributed by atoms with Gasteiger partial charge in [0.15, 0.2) is 5.25 Å². The van der Waals surface area contributed by atoms with Crippen molar-refractivity contribution in [1.82, 2.24) is 0 Å². The summed E-state index contributed by atoms with van der Waals surface area (Å²) in [5.41, 5.74) is 0. The van der Waals surface area contributed by atoms with Gasteiger partial charge in [0.1, 0.15) is 0 Å². The summed E-state index contributed by atoms with van der Waals surface area (Å²) < 4.78 is 39.3. The Morgan fingerprint density at radius 3 is 2.00 bits per heavy atom. The molecule has 0 aliphatic carbocycles. The van der Waals surface area contributed by atoms with E-state index in [1.165, 1.54) is 13.8 Å². The van der Waals surface area contributed by atoms with E-state index in [9.17, 15) is 18.0 Å². The van der Waals surface area contributed by atoms with Crippen LogP contribution in [0.5, 0.6) is 0 Å². The van der Waals surface area contributed by atoms with Crippen LogP contribution < -0.4 is 0 Å². The number of rotatable bonds is 6. The van der Waals surface area contributed by atoms with E-state index in [-0.39, 0.29) is 42.8 Å². The quantitative estimate of drug-likeness (QED) is 0.381. The van der Waals surface area contributed by atoms with E-state index in [4.69, 9.17) is 4.55 Å². The van der Waals surface area contributed by atoms with Crippen molar-refractivity contribution in [3.63, 3.8) is 0 Å². The second kappa shape index (κ2) is 8.87. The Kier molecular flexibility index (Phi) is 10.0. The van der Waals surface area contributed by atoms with E-state index in [0.29, 0.717) is 0 Å². The molecule has 9 heteroatoms. The van der Waals surface area contributed by atoms with E-state index < -0.39 is 33.7 Å². The molecule has 1 N–H and O–H groups in total. The van der Waals surface area contributed by atoms with E-state index in [2.05, 4.69) is 9.47 Å². The van der Waals surface area contributed by atoms with Crippen LogP contribution in [0.4, 0.5) is 0 Å². The van der Waals surface area contributed by atoms with Crippen LogP contribution in [-0.2, 0) is 29.2 Å². The fourth-order valence-electron chi connectivity index (χ4n) is 0.917. The normalized spacial score (nSPS) is 12.2.